The fourth-order valence-corrected chi connectivity index (χ4v) is 0.774. The van der Waals surface area contributed by atoms with Crippen molar-refractivity contribution in [2.75, 3.05) is 6.54 Å². The molecule has 1 aliphatic heterocycles. The van der Waals surface area contributed by atoms with E-state index in [1.165, 1.54) is 0 Å². The Morgan fingerprint density at radius 2 is 1.82 bits per heavy atom. The third-order valence-corrected chi connectivity index (χ3v) is 1.63. The van der Waals surface area contributed by atoms with E-state index in [4.69, 9.17) is 10.2 Å². The van der Waals surface area contributed by atoms with Gasteiger partial charge >= 0.3 is 11.9 Å². The summed E-state index contributed by atoms with van der Waals surface area (Å²) in [6, 6.07) is 0. The molecule has 1 amide bonds. The summed E-state index contributed by atoms with van der Waals surface area (Å²) in [4.78, 5) is 31.2. The molecule has 0 unspecified atom stereocenters. The van der Waals surface area contributed by atoms with Crippen molar-refractivity contribution in [1.29, 1.82) is 0 Å². The smallest absolute Gasteiger partial charge is 0.332 e. The average Bonchev–Trinajstić information content (AvgIpc) is 1.83. The number of hydrogen-bond acceptors (Lipinski definition) is 3. The highest BCUT2D eigenvalue weighted by atomic mass is 16.4. The Morgan fingerprint density at radius 3 is 1.82 bits per heavy atom. The van der Waals surface area contributed by atoms with Crippen molar-refractivity contribution >= 4 is 17.8 Å². The van der Waals surface area contributed by atoms with Crippen molar-refractivity contribution in [1.82, 2.24) is 5.32 Å². The molecule has 1 fully saturated rings. The molecule has 1 rings (SSSR count). The van der Waals surface area contributed by atoms with Crippen LogP contribution in [0.2, 0.25) is 0 Å². The van der Waals surface area contributed by atoms with Gasteiger partial charge in [0, 0.05) is 0 Å². The normalized spacial score (nSPS) is 19.8. The minimum absolute atomic E-state index is 0.337. The Balaban J connectivity index is 2.99. The molecule has 1 saturated heterocycles. The summed E-state index contributed by atoms with van der Waals surface area (Å²) in [5.74, 6) is -4.19. The monoisotopic (exact) mass is 159 g/mol. The second kappa shape index (κ2) is 1.94. The predicted molar refractivity (Wildman–Crippen MR) is 30.7 cm³/mol. The lowest BCUT2D eigenvalue weighted by molar-refractivity contribution is -0.174. The molecule has 1 aliphatic rings. The van der Waals surface area contributed by atoms with Crippen LogP contribution < -0.4 is 5.32 Å². The number of β-lactam (4-membered cyclic amide) rings is 1. The summed E-state index contributed by atoms with van der Waals surface area (Å²) in [6.07, 6.45) is 0. The van der Waals surface area contributed by atoms with Crippen LogP contribution in [0.5, 0.6) is 0 Å². The Labute approximate surface area is 60.8 Å². The van der Waals surface area contributed by atoms with E-state index < -0.39 is 23.3 Å². The van der Waals surface area contributed by atoms with E-state index in [2.05, 4.69) is 5.32 Å². The van der Waals surface area contributed by atoms with E-state index in [1.807, 2.05) is 0 Å². The van der Waals surface area contributed by atoms with Crippen LogP contribution in [-0.2, 0) is 14.4 Å². The van der Waals surface area contributed by atoms with Crippen LogP contribution in [0.4, 0.5) is 0 Å². The number of carboxylic acids is 2. The molecule has 60 valence electrons. The topological polar surface area (TPSA) is 104 Å². The first-order chi connectivity index (χ1) is 5.01. The fraction of sp³-hybridized carbons (Fsp3) is 0.400. The zero-order valence-corrected chi connectivity index (χ0v) is 5.33. The van der Waals surface area contributed by atoms with Crippen molar-refractivity contribution < 1.29 is 24.6 Å². The molecule has 0 radical (unpaired) electrons. The molecular formula is C5H5NO5. The first kappa shape index (κ1) is 7.52. The number of aliphatic carboxylic acids is 2. The van der Waals surface area contributed by atoms with Crippen molar-refractivity contribution in [2.45, 2.75) is 0 Å². The number of nitrogens with one attached hydrogen (secondary N) is 1. The number of hydrogen-bond donors (Lipinski definition) is 3. The minimum atomic E-state index is -2.24. The summed E-state index contributed by atoms with van der Waals surface area (Å²) in [5, 5.41) is 18.8. The largest absolute Gasteiger partial charge is 0.480 e. The molecule has 1 heterocycles. The van der Waals surface area contributed by atoms with Crippen molar-refractivity contribution in [2.24, 2.45) is 5.41 Å². The van der Waals surface area contributed by atoms with Gasteiger partial charge in [-0.1, -0.05) is 0 Å². The second-order valence-corrected chi connectivity index (χ2v) is 2.20. The van der Waals surface area contributed by atoms with E-state index in [1.54, 1.807) is 0 Å². The Morgan fingerprint density at radius 1 is 1.36 bits per heavy atom. The number of carbonyl (C=O) groups excluding carboxylic acids is 1. The second-order valence-electron chi connectivity index (χ2n) is 2.20. The third-order valence-electron chi connectivity index (χ3n) is 1.63. The number of carboxylic acid groups (broad SMARTS) is 2. The quantitative estimate of drug-likeness (QED) is 0.328. The van der Waals surface area contributed by atoms with E-state index in [9.17, 15) is 14.4 Å². The molecule has 0 aromatic carbocycles. The van der Waals surface area contributed by atoms with Gasteiger partial charge in [0.1, 0.15) is 0 Å². The third kappa shape index (κ3) is 0.688. The maximum atomic E-state index is 10.6. The van der Waals surface area contributed by atoms with Gasteiger partial charge in [0.05, 0.1) is 6.54 Å². The predicted octanol–water partition coefficient (Wildman–Crippen LogP) is -1.73. The summed E-state index contributed by atoms with van der Waals surface area (Å²) in [6.45, 7) is -0.337. The van der Waals surface area contributed by atoms with Crippen LogP contribution >= 0.6 is 0 Å². The van der Waals surface area contributed by atoms with Crippen LogP contribution in [0.25, 0.3) is 0 Å². The molecule has 0 atom stereocenters. The molecule has 3 N–H and O–H groups in total. The lowest BCUT2D eigenvalue weighted by Gasteiger charge is -2.32. The maximum absolute atomic E-state index is 10.6. The molecule has 6 heteroatoms. The van der Waals surface area contributed by atoms with Gasteiger partial charge in [0.25, 0.3) is 11.3 Å². The van der Waals surface area contributed by atoms with Gasteiger partial charge in [-0.05, 0) is 0 Å². The number of rotatable bonds is 2. The first-order valence-corrected chi connectivity index (χ1v) is 2.77. The highest BCUT2D eigenvalue weighted by Crippen LogP contribution is 2.24. The zero-order valence-electron chi connectivity index (χ0n) is 5.33. The van der Waals surface area contributed by atoms with Crippen LogP contribution in [0, 0.1) is 5.41 Å². The fourth-order valence-electron chi connectivity index (χ4n) is 0.774. The Bertz CT molecular complexity index is 217. The lowest BCUT2D eigenvalue weighted by Crippen LogP contribution is -2.67. The highest BCUT2D eigenvalue weighted by molar-refractivity contribution is 6.22. The molecular weight excluding hydrogens is 154 g/mol. The first-order valence-electron chi connectivity index (χ1n) is 2.77. The summed E-state index contributed by atoms with van der Waals surface area (Å²) in [5.41, 5.74) is -2.24. The molecule has 0 bridgehead atoms. The van der Waals surface area contributed by atoms with Crippen LogP contribution in [0.1, 0.15) is 0 Å². The van der Waals surface area contributed by atoms with Gasteiger partial charge in [-0.25, -0.2) is 0 Å². The molecule has 6 nitrogen and oxygen atoms in total. The van der Waals surface area contributed by atoms with E-state index in [0.717, 1.165) is 0 Å². The molecule has 0 aliphatic carbocycles. The van der Waals surface area contributed by atoms with E-state index in [0.29, 0.717) is 0 Å². The average molecular weight is 159 g/mol. The molecule has 0 spiro atoms. The number of amides is 1. The molecule has 0 aromatic heterocycles. The molecule has 11 heavy (non-hydrogen) atoms. The zero-order chi connectivity index (χ0) is 8.65. The van der Waals surface area contributed by atoms with Crippen LogP contribution in [0.15, 0.2) is 0 Å². The van der Waals surface area contributed by atoms with E-state index in [-0.39, 0.29) is 6.54 Å². The van der Waals surface area contributed by atoms with Gasteiger partial charge in [0.2, 0.25) is 0 Å². The lowest BCUT2D eigenvalue weighted by atomic mass is 9.81. The van der Waals surface area contributed by atoms with Gasteiger partial charge in [-0.2, -0.15) is 0 Å². The Kier molecular flexibility index (Phi) is 1.33. The van der Waals surface area contributed by atoms with Gasteiger partial charge in [0.15, 0.2) is 0 Å². The van der Waals surface area contributed by atoms with Crippen molar-refractivity contribution in [3.63, 3.8) is 0 Å². The van der Waals surface area contributed by atoms with Crippen LogP contribution in [0.3, 0.4) is 0 Å². The van der Waals surface area contributed by atoms with Gasteiger partial charge < -0.3 is 15.5 Å². The molecule has 0 aromatic rings. The van der Waals surface area contributed by atoms with Crippen molar-refractivity contribution in [3.8, 4) is 0 Å². The number of carbonyl (C=O) groups is 3. The van der Waals surface area contributed by atoms with Gasteiger partial charge in [-0.3, -0.25) is 14.4 Å². The van der Waals surface area contributed by atoms with E-state index >= 15 is 0 Å². The SMILES string of the molecule is O=C(O)C1(C(=O)O)CNC1=O. The van der Waals surface area contributed by atoms with Crippen LogP contribution in [-0.4, -0.2) is 34.6 Å². The van der Waals surface area contributed by atoms with Gasteiger partial charge in [-0.15, -0.1) is 0 Å². The maximum Gasteiger partial charge on any atom is 0.332 e. The van der Waals surface area contributed by atoms with Crippen molar-refractivity contribution in [3.05, 3.63) is 0 Å². The molecule has 0 saturated carbocycles. The standard InChI is InChI=1S/C5H5NO5/c7-2-5(1-6-2,3(8)9)4(10)11/h1H2,(H,6,7)(H,8,9)(H,10,11). The Hall–Kier alpha value is -1.59. The highest BCUT2D eigenvalue weighted by Gasteiger charge is 2.60. The summed E-state index contributed by atoms with van der Waals surface area (Å²) < 4.78 is 0. The summed E-state index contributed by atoms with van der Waals surface area (Å²) >= 11 is 0. The minimum Gasteiger partial charge on any atom is -0.480 e. The summed E-state index contributed by atoms with van der Waals surface area (Å²) in [7, 11) is 0.